The Labute approximate surface area is 98.0 Å². The van der Waals surface area contributed by atoms with Crippen molar-refractivity contribution in [2.24, 2.45) is 0 Å². The zero-order valence-corrected chi connectivity index (χ0v) is 10.5. The van der Waals surface area contributed by atoms with Gasteiger partial charge in [0.15, 0.2) is 0 Å². The number of rotatable bonds is 3. The molecule has 0 aromatic heterocycles. The fourth-order valence-electron chi connectivity index (χ4n) is 1.16. The van der Waals surface area contributed by atoms with Crippen LogP contribution in [0, 0.1) is 0 Å². The topological polar surface area (TPSA) is 54.4 Å². The molecule has 0 amide bonds. The summed E-state index contributed by atoms with van der Waals surface area (Å²) in [5.41, 5.74) is 1.04. The van der Waals surface area contributed by atoms with E-state index in [1.165, 1.54) is 6.07 Å². The second-order valence-corrected chi connectivity index (χ2v) is 6.81. The molecule has 1 aromatic rings. The Hall–Kier alpha value is -1.16. The van der Waals surface area contributed by atoms with Crippen molar-refractivity contribution in [3.05, 3.63) is 35.4 Å². The number of hydrogen-bond donors (Lipinski definition) is 1. The van der Waals surface area contributed by atoms with Crippen LogP contribution < -0.4 is 0 Å². The van der Waals surface area contributed by atoms with Crippen molar-refractivity contribution >= 4 is 16.8 Å². The van der Waals surface area contributed by atoms with Gasteiger partial charge in [0.2, 0.25) is 0 Å². The molecular weight excluding hydrogens is 224 g/mol. The predicted molar refractivity (Wildman–Crippen MR) is 65.0 cm³/mol. The van der Waals surface area contributed by atoms with Crippen molar-refractivity contribution in [3.63, 3.8) is 0 Å². The molecule has 0 aliphatic heterocycles. The molecular formula is C12H16O3S. The molecule has 1 unspecified atom stereocenters. The van der Waals surface area contributed by atoms with E-state index in [0.717, 1.165) is 5.56 Å². The van der Waals surface area contributed by atoms with Crippen molar-refractivity contribution in [2.45, 2.75) is 31.3 Å². The molecule has 16 heavy (non-hydrogen) atoms. The van der Waals surface area contributed by atoms with Crippen LogP contribution in [0.1, 0.15) is 36.7 Å². The molecule has 0 saturated carbocycles. The first-order valence-electron chi connectivity index (χ1n) is 5.01. The molecule has 88 valence electrons. The van der Waals surface area contributed by atoms with Gasteiger partial charge < -0.3 is 5.11 Å². The fraction of sp³-hybridized carbons (Fsp3) is 0.417. The lowest BCUT2D eigenvalue weighted by atomic mass is 10.1. The minimum Gasteiger partial charge on any atom is -0.478 e. The van der Waals surface area contributed by atoms with Gasteiger partial charge in [-0.25, -0.2) is 4.79 Å². The van der Waals surface area contributed by atoms with Gasteiger partial charge in [0.05, 0.1) is 5.56 Å². The van der Waals surface area contributed by atoms with Crippen LogP contribution in [0.15, 0.2) is 24.3 Å². The Morgan fingerprint density at radius 2 is 2.00 bits per heavy atom. The average Bonchev–Trinajstić information content (AvgIpc) is 2.16. The Balaban J connectivity index is 2.87. The number of aromatic carboxylic acids is 1. The lowest BCUT2D eigenvalue weighted by molar-refractivity contribution is 0.0697. The van der Waals surface area contributed by atoms with E-state index >= 15 is 0 Å². The van der Waals surface area contributed by atoms with Crippen molar-refractivity contribution in [1.29, 1.82) is 0 Å². The maximum absolute atomic E-state index is 11.9. The van der Waals surface area contributed by atoms with Crippen molar-refractivity contribution in [1.82, 2.24) is 0 Å². The van der Waals surface area contributed by atoms with Crippen LogP contribution in [-0.4, -0.2) is 20.0 Å². The molecule has 4 heteroatoms. The van der Waals surface area contributed by atoms with Crippen LogP contribution in [0.5, 0.6) is 0 Å². The molecule has 3 nitrogen and oxygen atoms in total. The number of carbonyl (C=O) groups is 1. The average molecular weight is 240 g/mol. The summed E-state index contributed by atoms with van der Waals surface area (Å²) in [5.74, 6) is -0.562. The highest BCUT2D eigenvalue weighted by Gasteiger charge is 2.19. The van der Waals surface area contributed by atoms with Crippen LogP contribution >= 0.6 is 0 Å². The number of benzene rings is 1. The third-order valence-corrected chi connectivity index (χ3v) is 4.12. The first kappa shape index (κ1) is 12.9. The molecule has 1 aromatic carbocycles. The summed E-state index contributed by atoms with van der Waals surface area (Å²) in [6, 6.07) is 6.59. The first-order valence-corrected chi connectivity index (χ1v) is 6.33. The minimum atomic E-state index is -1.00. The Morgan fingerprint density at radius 1 is 1.38 bits per heavy atom. The summed E-state index contributed by atoms with van der Waals surface area (Å²) in [5, 5.41) is 8.83. The van der Waals surface area contributed by atoms with E-state index < -0.39 is 16.8 Å². The molecule has 1 N–H and O–H groups in total. The predicted octanol–water partition coefficient (Wildman–Crippen LogP) is 2.43. The van der Waals surface area contributed by atoms with Gasteiger partial charge >= 0.3 is 5.97 Å². The lowest BCUT2D eigenvalue weighted by Crippen LogP contribution is -2.23. The van der Waals surface area contributed by atoms with Crippen molar-refractivity contribution in [3.8, 4) is 0 Å². The first-order chi connectivity index (χ1) is 7.30. The third-order valence-electron chi connectivity index (χ3n) is 2.15. The maximum Gasteiger partial charge on any atom is 0.335 e. The molecule has 0 radical (unpaired) electrons. The summed E-state index contributed by atoms with van der Waals surface area (Å²) >= 11 is 0. The van der Waals surface area contributed by atoms with Crippen LogP contribution in [0.2, 0.25) is 0 Å². The van der Waals surface area contributed by atoms with E-state index in [9.17, 15) is 9.00 Å². The second kappa shape index (κ2) is 4.78. The van der Waals surface area contributed by atoms with Gasteiger partial charge in [-0.15, -0.1) is 0 Å². The van der Waals surface area contributed by atoms with Crippen LogP contribution in [0.4, 0.5) is 0 Å². The molecule has 0 fully saturated rings. The summed E-state index contributed by atoms with van der Waals surface area (Å²) in [4.78, 5) is 10.8. The minimum absolute atomic E-state index is 0.239. The maximum atomic E-state index is 11.9. The molecule has 0 aliphatic rings. The Bertz CT molecular complexity index is 419. The molecule has 0 bridgehead atoms. The fourth-order valence-corrected chi connectivity index (χ4v) is 2.08. The normalized spacial score (nSPS) is 13.4. The summed E-state index contributed by atoms with van der Waals surface area (Å²) in [7, 11) is -1.00. The van der Waals surface area contributed by atoms with Crippen LogP contribution in [0.3, 0.4) is 0 Å². The van der Waals surface area contributed by atoms with Gasteiger partial charge in [-0.2, -0.15) is 0 Å². The highest BCUT2D eigenvalue weighted by molar-refractivity contribution is 7.85. The molecule has 1 rings (SSSR count). The number of carboxylic acids is 1. The van der Waals surface area contributed by atoms with E-state index in [1.54, 1.807) is 18.2 Å². The zero-order valence-electron chi connectivity index (χ0n) is 9.69. The molecule has 1 atom stereocenters. The van der Waals surface area contributed by atoms with Gasteiger partial charge in [0.25, 0.3) is 0 Å². The molecule has 0 aliphatic carbocycles. The van der Waals surface area contributed by atoms with E-state index in [2.05, 4.69) is 0 Å². The largest absolute Gasteiger partial charge is 0.478 e. The van der Waals surface area contributed by atoms with Gasteiger partial charge in [0.1, 0.15) is 0 Å². The second-order valence-electron chi connectivity index (χ2n) is 4.61. The van der Waals surface area contributed by atoms with Gasteiger partial charge in [-0.1, -0.05) is 12.1 Å². The van der Waals surface area contributed by atoms with E-state index in [4.69, 9.17) is 5.11 Å². The van der Waals surface area contributed by atoms with Gasteiger partial charge in [-0.05, 0) is 38.5 Å². The lowest BCUT2D eigenvalue weighted by Gasteiger charge is -2.17. The van der Waals surface area contributed by atoms with Crippen LogP contribution in [-0.2, 0) is 16.6 Å². The molecule has 0 heterocycles. The van der Waals surface area contributed by atoms with Crippen molar-refractivity contribution < 1.29 is 14.1 Å². The summed E-state index contributed by atoms with van der Waals surface area (Å²) in [6.45, 7) is 5.72. The van der Waals surface area contributed by atoms with E-state index in [1.807, 2.05) is 20.8 Å². The van der Waals surface area contributed by atoms with Gasteiger partial charge in [-0.3, -0.25) is 4.21 Å². The third kappa shape index (κ3) is 3.45. The number of carboxylic acid groups (broad SMARTS) is 1. The quantitative estimate of drug-likeness (QED) is 0.882. The zero-order chi connectivity index (χ0) is 12.3. The Kier molecular flexibility index (Phi) is 3.86. The molecule has 0 saturated heterocycles. The summed E-state index contributed by atoms with van der Waals surface area (Å²) in [6.07, 6.45) is 0. The monoisotopic (exact) mass is 240 g/mol. The SMILES string of the molecule is CC(C)(C)S(=O)Cc1cccc(C(=O)O)c1. The number of hydrogen-bond acceptors (Lipinski definition) is 2. The summed E-state index contributed by atoms with van der Waals surface area (Å²) < 4.78 is 11.6. The van der Waals surface area contributed by atoms with Crippen molar-refractivity contribution in [2.75, 3.05) is 0 Å². The molecule has 0 spiro atoms. The van der Waals surface area contributed by atoms with Gasteiger partial charge in [0, 0.05) is 21.3 Å². The smallest absolute Gasteiger partial charge is 0.335 e. The van der Waals surface area contributed by atoms with E-state index in [0.29, 0.717) is 5.75 Å². The highest BCUT2D eigenvalue weighted by Crippen LogP contribution is 2.17. The van der Waals surface area contributed by atoms with Crippen LogP contribution in [0.25, 0.3) is 0 Å². The standard InChI is InChI=1S/C12H16O3S/c1-12(2,3)16(15)8-9-5-4-6-10(7-9)11(13)14/h4-7H,8H2,1-3H3,(H,13,14). The highest BCUT2D eigenvalue weighted by atomic mass is 32.2. The van der Waals surface area contributed by atoms with E-state index in [-0.39, 0.29) is 10.3 Å². The Morgan fingerprint density at radius 3 is 2.50 bits per heavy atom.